The summed E-state index contributed by atoms with van der Waals surface area (Å²) >= 11 is 0. The first-order chi connectivity index (χ1) is 8.58. The highest BCUT2D eigenvalue weighted by Crippen LogP contribution is 2.24. The van der Waals surface area contributed by atoms with E-state index in [9.17, 15) is 0 Å². The van der Waals surface area contributed by atoms with E-state index in [1.54, 1.807) is 0 Å². The van der Waals surface area contributed by atoms with E-state index in [1.165, 1.54) is 11.1 Å². The third kappa shape index (κ3) is 3.80. The number of nitrogens with two attached hydrogens (primary N) is 2. The molecule has 0 amide bonds. The highest BCUT2D eigenvalue weighted by molar-refractivity contribution is 5.85. The van der Waals surface area contributed by atoms with Gasteiger partial charge in [-0.25, -0.2) is 0 Å². The molecule has 102 valence electrons. The molecule has 0 aliphatic heterocycles. The highest BCUT2D eigenvalue weighted by Gasteiger charge is 2.16. The third-order valence-corrected chi connectivity index (χ3v) is 3.31. The van der Waals surface area contributed by atoms with Crippen LogP contribution in [0.5, 0.6) is 0 Å². The van der Waals surface area contributed by atoms with Crippen LogP contribution in [0.4, 0.5) is 0 Å². The molecule has 4 N–H and O–H groups in total. The van der Waals surface area contributed by atoms with E-state index in [-0.39, 0.29) is 24.5 Å². The number of hydrogen-bond donors (Lipinski definition) is 2. The number of halogens is 1. The minimum absolute atomic E-state index is 0. The minimum Gasteiger partial charge on any atom is -0.322 e. The van der Waals surface area contributed by atoms with Crippen molar-refractivity contribution in [1.29, 1.82) is 0 Å². The zero-order valence-corrected chi connectivity index (χ0v) is 12.2. The molecular formula is C16H21ClN2. The monoisotopic (exact) mass is 276 g/mol. The SMILES string of the molecule is Cc1ccc([C@H](N)[C@@H](N)c2ccc(C)cc2)cc1.Cl. The molecular weight excluding hydrogens is 256 g/mol. The number of benzene rings is 2. The lowest BCUT2D eigenvalue weighted by Gasteiger charge is -2.21. The molecule has 2 aromatic rings. The number of rotatable bonds is 3. The second-order valence-electron chi connectivity index (χ2n) is 4.87. The zero-order chi connectivity index (χ0) is 13.1. The van der Waals surface area contributed by atoms with E-state index in [4.69, 9.17) is 11.5 Å². The zero-order valence-electron chi connectivity index (χ0n) is 11.3. The van der Waals surface area contributed by atoms with Crippen molar-refractivity contribution < 1.29 is 0 Å². The molecule has 2 nitrogen and oxygen atoms in total. The summed E-state index contributed by atoms with van der Waals surface area (Å²) in [6.07, 6.45) is 0. The molecule has 0 unspecified atom stereocenters. The van der Waals surface area contributed by atoms with E-state index in [0.29, 0.717) is 0 Å². The molecule has 2 atom stereocenters. The summed E-state index contributed by atoms with van der Waals surface area (Å²) in [6.45, 7) is 4.13. The van der Waals surface area contributed by atoms with Gasteiger partial charge in [-0.3, -0.25) is 0 Å². The van der Waals surface area contributed by atoms with Gasteiger partial charge in [-0.15, -0.1) is 12.4 Å². The van der Waals surface area contributed by atoms with Crippen LogP contribution in [0.3, 0.4) is 0 Å². The van der Waals surface area contributed by atoms with Crippen molar-refractivity contribution in [3.8, 4) is 0 Å². The molecule has 0 radical (unpaired) electrons. The van der Waals surface area contributed by atoms with Crippen molar-refractivity contribution >= 4 is 12.4 Å². The predicted molar refractivity (Wildman–Crippen MR) is 83.5 cm³/mol. The molecule has 0 aliphatic rings. The van der Waals surface area contributed by atoms with Crippen molar-refractivity contribution in [3.63, 3.8) is 0 Å². The summed E-state index contributed by atoms with van der Waals surface area (Å²) in [6, 6.07) is 16.1. The Morgan fingerprint density at radius 1 is 0.632 bits per heavy atom. The van der Waals surface area contributed by atoms with Crippen LogP contribution >= 0.6 is 12.4 Å². The van der Waals surface area contributed by atoms with E-state index >= 15 is 0 Å². The van der Waals surface area contributed by atoms with Gasteiger partial charge in [0, 0.05) is 12.1 Å². The molecule has 0 saturated heterocycles. The van der Waals surface area contributed by atoms with Crippen LogP contribution in [0.15, 0.2) is 48.5 Å². The molecule has 2 rings (SSSR count). The first kappa shape index (κ1) is 15.7. The van der Waals surface area contributed by atoms with Crippen LogP contribution in [-0.2, 0) is 0 Å². The molecule has 0 spiro atoms. The second-order valence-corrected chi connectivity index (χ2v) is 4.87. The molecule has 0 saturated carbocycles. The average molecular weight is 277 g/mol. The largest absolute Gasteiger partial charge is 0.322 e. The summed E-state index contributed by atoms with van der Waals surface area (Å²) in [5.41, 5.74) is 17.1. The standard InChI is InChI=1S/C16H20N2.ClH/c1-11-3-7-13(8-4-11)15(17)16(18)14-9-5-12(2)6-10-14;/h3-10,15-16H,17-18H2,1-2H3;1H/t15-,16-;/m0./s1. The summed E-state index contributed by atoms with van der Waals surface area (Å²) < 4.78 is 0. The van der Waals surface area contributed by atoms with Gasteiger partial charge in [-0.1, -0.05) is 59.7 Å². The van der Waals surface area contributed by atoms with Crippen LogP contribution in [0.1, 0.15) is 34.3 Å². The van der Waals surface area contributed by atoms with Crippen LogP contribution in [0.25, 0.3) is 0 Å². The maximum atomic E-state index is 6.23. The molecule has 19 heavy (non-hydrogen) atoms. The van der Waals surface area contributed by atoms with Gasteiger partial charge in [0.2, 0.25) is 0 Å². The normalized spacial score (nSPS) is 13.5. The Labute approximate surface area is 121 Å². The van der Waals surface area contributed by atoms with Crippen LogP contribution < -0.4 is 11.5 Å². The number of hydrogen-bond acceptors (Lipinski definition) is 2. The summed E-state index contributed by atoms with van der Waals surface area (Å²) in [4.78, 5) is 0. The fourth-order valence-corrected chi connectivity index (χ4v) is 1.99. The lowest BCUT2D eigenvalue weighted by atomic mass is 9.94. The van der Waals surface area contributed by atoms with Crippen molar-refractivity contribution in [2.75, 3.05) is 0 Å². The molecule has 0 heterocycles. The van der Waals surface area contributed by atoms with Gasteiger partial charge >= 0.3 is 0 Å². The summed E-state index contributed by atoms with van der Waals surface area (Å²) in [5, 5.41) is 0. The Balaban J connectivity index is 0.00000180. The summed E-state index contributed by atoms with van der Waals surface area (Å²) in [7, 11) is 0. The van der Waals surface area contributed by atoms with Crippen molar-refractivity contribution in [2.24, 2.45) is 11.5 Å². The maximum Gasteiger partial charge on any atom is 0.0491 e. The quantitative estimate of drug-likeness (QED) is 0.902. The first-order valence-electron chi connectivity index (χ1n) is 6.22. The molecule has 3 heteroatoms. The fraction of sp³-hybridized carbons (Fsp3) is 0.250. The van der Waals surface area contributed by atoms with Gasteiger partial charge in [0.1, 0.15) is 0 Å². The molecule has 0 aliphatic carbocycles. The third-order valence-electron chi connectivity index (χ3n) is 3.31. The first-order valence-corrected chi connectivity index (χ1v) is 6.22. The van der Waals surface area contributed by atoms with Crippen molar-refractivity contribution in [3.05, 3.63) is 70.8 Å². The Bertz CT molecular complexity index is 456. The van der Waals surface area contributed by atoms with E-state index in [2.05, 4.69) is 38.1 Å². The van der Waals surface area contributed by atoms with E-state index in [0.717, 1.165) is 11.1 Å². The van der Waals surface area contributed by atoms with Crippen LogP contribution in [-0.4, -0.2) is 0 Å². The van der Waals surface area contributed by atoms with Gasteiger partial charge in [0.25, 0.3) is 0 Å². The van der Waals surface area contributed by atoms with Gasteiger partial charge in [0.05, 0.1) is 0 Å². The minimum atomic E-state index is -0.173. The van der Waals surface area contributed by atoms with E-state index < -0.39 is 0 Å². The predicted octanol–water partition coefficient (Wildman–Crippen LogP) is 3.43. The van der Waals surface area contributed by atoms with Crippen LogP contribution in [0.2, 0.25) is 0 Å². The highest BCUT2D eigenvalue weighted by atomic mass is 35.5. The average Bonchev–Trinajstić information content (AvgIpc) is 2.39. The Kier molecular flexibility index (Phi) is 5.55. The molecule has 2 aromatic carbocycles. The number of aryl methyl sites for hydroxylation is 2. The Morgan fingerprint density at radius 3 is 1.16 bits per heavy atom. The second kappa shape index (κ2) is 6.71. The Morgan fingerprint density at radius 2 is 0.895 bits per heavy atom. The van der Waals surface area contributed by atoms with Crippen molar-refractivity contribution in [1.82, 2.24) is 0 Å². The fourth-order valence-electron chi connectivity index (χ4n) is 1.99. The van der Waals surface area contributed by atoms with Gasteiger partial charge in [0.15, 0.2) is 0 Å². The smallest absolute Gasteiger partial charge is 0.0491 e. The molecule has 0 aromatic heterocycles. The van der Waals surface area contributed by atoms with E-state index in [1.807, 2.05) is 24.3 Å². The lowest BCUT2D eigenvalue weighted by molar-refractivity contribution is 0.574. The lowest BCUT2D eigenvalue weighted by Crippen LogP contribution is -2.26. The van der Waals surface area contributed by atoms with Crippen LogP contribution in [0, 0.1) is 13.8 Å². The molecule has 0 fully saturated rings. The van der Waals surface area contributed by atoms with Crippen molar-refractivity contribution in [2.45, 2.75) is 25.9 Å². The van der Waals surface area contributed by atoms with Gasteiger partial charge in [-0.2, -0.15) is 0 Å². The van der Waals surface area contributed by atoms with Gasteiger partial charge in [-0.05, 0) is 25.0 Å². The molecule has 0 bridgehead atoms. The van der Waals surface area contributed by atoms with Gasteiger partial charge < -0.3 is 11.5 Å². The Hall–Kier alpha value is -1.35. The summed E-state index contributed by atoms with van der Waals surface area (Å²) in [5.74, 6) is 0. The maximum absolute atomic E-state index is 6.23. The topological polar surface area (TPSA) is 52.0 Å².